The second-order valence-electron chi connectivity index (χ2n) is 33.4. The van der Waals surface area contributed by atoms with Crippen molar-refractivity contribution in [3.05, 3.63) is 84.0 Å². The first-order valence-corrected chi connectivity index (χ1v) is 45.0. The van der Waals surface area contributed by atoms with Gasteiger partial charge in [0, 0.05) is 83.5 Å². The predicted octanol–water partition coefficient (Wildman–Crippen LogP) is 8.25. The Labute approximate surface area is 744 Å². The van der Waals surface area contributed by atoms with E-state index in [1.165, 1.54) is 18.3 Å². The van der Waals surface area contributed by atoms with E-state index in [4.69, 9.17) is 92.0 Å². The topological polar surface area (TPSA) is 449 Å². The molecule has 5 aromatic rings. The van der Waals surface area contributed by atoms with Crippen molar-refractivity contribution in [2.24, 2.45) is 35.5 Å². The maximum absolute atomic E-state index is 14.8. The molecular formula is C91H138N12O24. The number of nitrogens with zero attached hydrogens (tertiary/aromatic N) is 9. The number of nitrogen functional groups attached to an aromatic ring is 2. The van der Waals surface area contributed by atoms with Gasteiger partial charge in [-0.15, -0.1) is 5.10 Å². The number of nitrogens with one attached hydrogen (secondary N) is 1. The van der Waals surface area contributed by atoms with Gasteiger partial charge in [0.1, 0.15) is 59.2 Å². The molecule has 3 fully saturated rings. The highest BCUT2D eigenvalue weighted by atomic mass is 16.6. The number of hydrogen-bond acceptors (Lipinski definition) is 32. The van der Waals surface area contributed by atoms with Crippen LogP contribution in [0.25, 0.3) is 33.4 Å². The largest absolute Gasteiger partial charge is 0.460 e. The molecule has 1 aromatic carbocycles. The number of esters is 1. The molecule has 0 unspecified atom stereocenters. The molecule has 706 valence electrons. The average molecular weight is 1780 g/mol. The van der Waals surface area contributed by atoms with E-state index >= 15 is 0 Å². The number of benzene rings is 1. The van der Waals surface area contributed by atoms with Crippen LogP contribution in [-0.2, 0) is 120 Å². The molecule has 15 atom stereocenters. The fourth-order valence-electron chi connectivity index (χ4n) is 16.4. The molecule has 2 saturated heterocycles. The smallest absolute Gasteiger partial charge is 0.329 e. The molecule has 0 radical (unpaired) electrons. The van der Waals surface area contributed by atoms with Crippen molar-refractivity contribution in [1.82, 2.24) is 49.9 Å². The van der Waals surface area contributed by atoms with Gasteiger partial charge in [-0.2, -0.15) is 10.1 Å². The number of hydrogen-bond donors (Lipinski definition) is 5. The molecule has 0 spiro atoms. The van der Waals surface area contributed by atoms with Crippen LogP contribution in [0.15, 0.2) is 82.7 Å². The van der Waals surface area contributed by atoms with Gasteiger partial charge in [0.25, 0.3) is 17.7 Å². The highest BCUT2D eigenvalue weighted by molar-refractivity contribution is 6.39. The number of amides is 2. The van der Waals surface area contributed by atoms with E-state index in [0.717, 1.165) is 30.4 Å². The summed E-state index contributed by atoms with van der Waals surface area (Å²) < 4.78 is 96.4. The van der Waals surface area contributed by atoms with Crippen molar-refractivity contribution >= 4 is 69.1 Å². The third-order valence-corrected chi connectivity index (χ3v) is 23.7. The summed E-state index contributed by atoms with van der Waals surface area (Å²) in [6.45, 7) is 21.6. The Kier molecular flexibility index (Phi) is 43.9. The Bertz CT molecular complexity index is 4320. The van der Waals surface area contributed by atoms with Crippen LogP contribution in [0.5, 0.6) is 0 Å². The highest BCUT2D eigenvalue weighted by Gasteiger charge is 2.53. The number of fused-ring (bicyclic) bond motifs is 5. The highest BCUT2D eigenvalue weighted by Crippen LogP contribution is 2.39. The number of aliphatic hydroxyl groups is 2. The Morgan fingerprint density at radius 1 is 0.717 bits per heavy atom. The number of carbonyl (C=O) groups is 6. The van der Waals surface area contributed by atoms with Gasteiger partial charge in [0.2, 0.25) is 11.7 Å². The van der Waals surface area contributed by atoms with Crippen molar-refractivity contribution in [2.75, 3.05) is 165 Å². The minimum atomic E-state index is -2.47. The number of methoxy groups -OCH3 is 3. The van der Waals surface area contributed by atoms with Gasteiger partial charge in [0.15, 0.2) is 17.0 Å². The third kappa shape index (κ3) is 32.4. The lowest BCUT2D eigenvalue weighted by molar-refractivity contribution is -0.265. The van der Waals surface area contributed by atoms with E-state index in [-0.39, 0.29) is 92.5 Å². The number of carbonyl (C=O) groups excluding carboxylic acids is 6. The number of allylic oxidation sites excluding steroid dienone is 6. The fraction of sp³-hybridized carbons (Fsp3) is 0.692. The standard InChI is InChI=1S/C91H138N12O24/c1-60-18-12-11-13-19-61(2)76(112-8)55-70-24-21-66(7)91(111,127-70)85(108)88(109)102-29-16-14-20-72(102)89(110)125-77(56-73(104)62(3)51-65(6)83(107)84(114-10)82(106)64(5)50-60)63(4)52-67-22-25-75(78(53-67)113-9)124-49-48-123-58-69-57-101(100-98-69)31-33-116-35-37-118-39-41-120-43-45-122-47-46-121-44-42-119-40-38-117-36-34-115-32-27-79(105)94-28-15-17-30-103-87-80(86(92)95-59-96-87)81(99-103)68-23-26-74-71(54-68)97-90(93)126-74/h11-13,18-19,23,26,51,54,57,59-60,62-64,66-67,70,72,75-78,83-84,107,111H,14-17,20-22,24-25,27-50,52-53,55-56,58H2,1-10H3,(H2,93,97)(H,94,105)(H2,92,95,96)/b13-11-,18-12+,61-19+,65-51+/t60-,62-,63-,64-,66-,67+,70+,72+,75-,76+,77+,78-,83-,84+,91-/m1/s1. The minimum absolute atomic E-state index is 0.00921. The average Bonchev–Trinajstić information content (AvgIpc) is 1.54. The van der Waals surface area contributed by atoms with Gasteiger partial charge in [-0.3, -0.25) is 24.0 Å². The maximum atomic E-state index is 14.8. The molecule has 7 N–H and O–H groups in total. The summed E-state index contributed by atoms with van der Waals surface area (Å²) in [4.78, 5) is 98.7. The van der Waals surface area contributed by atoms with Crippen LogP contribution in [0, 0.1) is 35.5 Å². The van der Waals surface area contributed by atoms with E-state index in [1.54, 1.807) is 56.5 Å². The molecule has 3 aliphatic heterocycles. The summed E-state index contributed by atoms with van der Waals surface area (Å²) >= 11 is 0. The molecule has 1 aliphatic carbocycles. The molecule has 2 amide bonds. The fourth-order valence-corrected chi connectivity index (χ4v) is 16.4. The van der Waals surface area contributed by atoms with Crippen LogP contribution in [-0.4, -0.2) is 298 Å². The monoisotopic (exact) mass is 1780 g/mol. The lowest BCUT2D eigenvalue weighted by Gasteiger charge is -2.42. The Hall–Kier alpha value is -8.28. The first kappa shape index (κ1) is 102. The Morgan fingerprint density at radius 3 is 2.07 bits per heavy atom. The number of cyclic esters (lactones) is 1. The quantitative estimate of drug-likeness (QED) is 0.0106. The van der Waals surface area contributed by atoms with Crippen molar-refractivity contribution in [3.63, 3.8) is 0 Å². The van der Waals surface area contributed by atoms with Gasteiger partial charge in [-0.25, -0.2) is 24.1 Å². The number of piperidine rings is 1. The lowest BCUT2D eigenvalue weighted by atomic mass is 9.78. The van der Waals surface area contributed by atoms with Crippen LogP contribution in [0.3, 0.4) is 0 Å². The summed E-state index contributed by atoms with van der Waals surface area (Å²) in [6.07, 6.45) is 16.3. The number of oxazole rings is 1. The Balaban J connectivity index is 0.586. The summed E-state index contributed by atoms with van der Waals surface area (Å²) in [5.74, 6) is -8.07. The number of aliphatic hydroxyl groups excluding tert-OH is 1. The zero-order valence-electron chi connectivity index (χ0n) is 75.9. The number of Topliss-reactive ketones (excluding diaryl/α,β-unsaturated/α-hetero) is 3. The van der Waals surface area contributed by atoms with E-state index in [2.05, 4.69) is 30.6 Å². The van der Waals surface area contributed by atoms with Crippen LogP contribution in [0.1, 0.15) is 150 Å². The number of aryl methyl sites for hydroxylation is 1. The normalized spacial score (nSPS) is 26.5. The number of ether oxygens (including phenoxy) is 15. The summed E-state index contributed by atoms with van der Waals surface area (Å²) in [7, 11) is 4.61. The second kappa shape index (κ2) is 54.4. The molecule has 127 heavy (non-hydrogen) atoms. The third-order valence-electron chi connectivity index (χ3n) is 23.7. The summed E-state index contributed by atoms with van der Waals surface area (Å²) in [5, 5.41) is 40.7. The van der Waals surface area contributed by atoms with E-state index in [1.807, 2.05) is 76.4 Å². The van der Waals surface area contributed by atoms with Crippen LogP contribution >= 0.6 is 0 Å². The van der Waals surface area contributed by atoms with Crippen LogP contribution < -0.4 is 16.8 Å². The molecule has 4 aromatic heterocycles. The van der Waals surface area contributed by atoms with Gasteiger partial charge in [0.05, 0.1) is 168 Å². The lowest BCUT2D eigenvalue weighted by Crippen LogP contribution is -2.61. The molecule has 1 saturated carbocycles. The van der Waals surface area contributed by atoms with Crippen molar-refractivity contribution in [3.8, 4) is 11.3 Å². The number of aromatic nitrogens is 8. The zero-order chi connectivity index (χ0) is 91.0. The molecule has 4 aliphatic rings. The van der Waals surface area contributed by atoms with Gasteiger partial charge in [-0.1, -0.05) is 76.3 Å². The zero-order valence-corrected chi connectivity index (χ0v) is 75.9. The number of nitrogens with two attached hydrogens (primary N) is 2. The maximum Gasteiger partial charge on any atom is 0.329 e. The number of unbranched alkanes of at least 4 members (excludes halogenated alkanes) is 1. The molecule has 36 nitrogen and oxygen atoms in total. The van der Waals surface area contributed by atoms with E-state index < -0.39 is 77.8 Å². The molecule has 7 heterocycles. The number of rotatable bonds is 45. The first-order valence-electron chi connectivity index (χ1n) is 45.0. The van der Waals surface area contributed by atoms with Gasteiger partial charge < -0.3 is 107 Å². The van der Waals surface area contributed by atoms with Crippen LogP contribution in [0.2, 0.25) is 0 Å². The molecule has 2 bridgehead atoms. The minimum Gasteiger partial charge on any atom is -0.460 e. The number of ketones is 3. The van der Waals surface area contributed by atoms with E-state index in [9.17, 15) is 39.0 Å². The van der Waals surface area contributed by atoms with Gasteiger partial charge >= 0.3 is 5.97 Å². The molecule has 36 heteroatoms. The predicted molar refractivity (Wildman–Crippen MR) is 469 cm³/mol. The van der Waals surface area contributed by atoms with Gasteiger partial charge in [-0.05, 0) is 138 Å². The SMILES string of the molecule is CO[C@H]1C[C@@H]2CC[C@@H](C)[C@@](O)(O2)C(=O)C(=O)N2CCCC[C@H]2C(=O)O[C@H]([C@H](C)C[C@@H]2CC[C@@H](OCCOCc3cn(CCOCCOCCOCCOCCOCCOCCOCCOCCC(=O)NCCCCn4nc(-c5ccc6oc(N)nc6c5)c5c(N)ncnc54)nn3)[C@H](OC)C2)CC(=O)[C@H](C)/C=C(\C)[C@@H](O)[C@@H](OC)C(=O)[C@H](C)C[C@H](C)/C=C/C=C\C=C\1C. The summed E-state index contributed by atoms with van der Waals surface area (Å²) in [6, 6.07) is 4.39. The van der Waals surface area contributed by atoms with Crippen molar-refractivity contribution in [1.29, 1.82) is 0 Å². The Morgan fingerprint density at radius 2 is 1.39 bits per heavy atom. The first-order chi connectivity index (χ1) is 61.4. The number of anilines is 2. The van der Waals surface area contributed by atoms with Crippen molar-refractivity contribution < 1.29 is 114 Å². The van der Waals surface area contributed by atoms with E-state index in [0.29, 0.717) is 235 Å². The van der Waals surface area contributed by atoms with Crippen LogP contribution in [0.4, 0.5) is 11.8 Å². The molecule has 9 rings (SSSR count). The molecular weight excluding hydrogens is 1650 g/mol. The second-order valence-corrected chi connectivity index (χ2v) is 33.4. The summed E-state index contributed by atoms with van der Waals surface area (Å²) in [5.41, 5.74) is 17.1. The van der Waals surface area contributed by atoms with Crippen molar-refractivity contribution in [2.45, 2.75) is 219 Å².